The number of rotatable bonds is 5. The summed E-state index contributed by atoms with van der Waals surface area (Å²) in [5, 5.41) is 14.2. The smallest absolute Gasteiger partial charge is 0.220 e. The zero-order valence-corrected chi connectivity index (χ0v) is 14.2. The summed E-state index contributed by atoms with van der Waals surface area (Å²) in [5.41, 5.74) is 0.993. The van der Waals surface area contributed by atoms with E-state index in [9.17, 15) is 4.79 Å². The molecule has 0 radical (unpaired) electrons. The SMILES string of the molecule is O=C(CCCn1cnnn1)N[C@@H]1CC2(CCCC2)Oc2ccccc21. The molecule has 132 valence electrons. The number of nitrogens with zero attached hydrogens (tertiary/aromatic N) is 4. The summed E-state index contributed by atoms with van der Waals surface area (Å²) in [6.45, 7) is 0.648. The number of tetrazole rings is 1. The highest BCUT2D eigenvalue weighted by atomic mass is 16.5. The fourth-order valence-corrected chi connectivity index (χ4v) is 4.02. The van der Waals surface area contributed by atoms with Crippen LogP contribution in [0.2, 0.25) is 0 Å². The molecular weight excluding hydrogens is 318 g/mol. The standard InChI is InChI=1S/C18H23N5O2/c24-17(8-5-11-23-13-19-21-22-23)20-15-12-18(9-3-4-10-18)25-16-7-2-1-6-14(15)16/h1-2,6-7,13,15H,3-5,8-12H2,(H,20,24)/t15-/m1/s1. The van der Waals surface area contributed by atoms with Gasteiger partial charge >= 0.3 is 0 Å². The number of carbonyl (C=O) groups is 1. The summed E-state index contributed by atoms with van der Waals surface area (Å²) in [4.78, 5) is 12.4. The molecule has 25 heavy (non-hydrogen) atoms. The molecule has 0 bridgehead atoms. The van der Waals surface area contributed by atoms with E-state index >= 15 is 0 Å². The van der Waals surface area contributed by atoms with Gasteiger partial charge < -0.3 is 10.1 Å². The van der Waals surface area contributed by atoms with Gasteiger partial charge in [-0.05, 0) is 48.6 Å². The lowest BCUT2D eigenvalue weighted by molar-refractivity contribution is -0.122. The lowest BCUT2D eigenvalue weighted by Gasteiger charge is -2.40. The van der Waals surface area contributed by atoms with Gasteiger partial charge in [0.15, 0.2) is 0 Å². The van der Waals surface area contributed by atoms with Crippen molar-refractivity contribution in [2.24, 2.45) is 0 Å². The molecule has 2 aliphatic rings. The summed E-state index contributed by atoms with van der Waals surface area (Å²) >= 11 is 0. The first-order valence-corrected chi connectivity index (χ1v) is 9.02. The molecule has 1 aromatic carbocycles. The van der Waals surface area contributed by atoms with Crippen LogP contribution < -0.4 is 10.1 Å². The molecule has 1 aromatic heterocycles. The second kappa shape index (κ2) is 6.82. The topological polar surface area (TPSA) is 81.9 Å². The number of benzene rings is 1. The molecule has 1 amide bonds. The third-order valence-corrected chi connectivity index (χ3v) is 5.23. The average molecular weight is 341 g/mol. The lowest BCUT2D eigenvalue weighted by Crippen LogP contribution is -2.43. The molecule has 0 saturated heterocycles. The number of aromatic nitrogens is 4. The second-order valence-corrected chi connectivity index (χ2v) is 7.03. The normalized spacial score (nSPS) is 20.9. The number of carbonyl (C=O) groups excluding carboxylic acids is 1. The Morgan fingerprint density at radius 3 is 2.96 bits per heavy atom. The van der Waals surface area contributed by atoms with Gasteiger partial charge in [-0.15, -0.1) is 5.10 Å². The minimum Gasteiger partial charge on any atom is -0.487 e. The van der Waals surface area contributed by atoms with Crippen molar-refractivity contribution in [2.75, 3.05) is 0 Å². The Kier molecular flexibility index (Phi) is 4.38. The number of para-hydroxylation sites is 1. The molecule has 1 aliphatic carbocycles. The molecule has 0 unspecified atom stereocenters. The van der Waals surface area contributed by atoms with Gasteiger partial charge in [0.1, 0.15) is 17.7 Å². The number of nitrogens with one attached hydrogen (secondary N) is 1. The number of ether oxygens (including phenoxy) is 1. The number of aryl methyl sites for hydroxylation is 1. The molecule has 1 fully saturated rings. The highest BCUT2D eigenvalue weighted by Crippen LogP contribution is 2.46. The number of hydrogen-bond acceptors (Lipinski definition) is 5. The third kappa shape index (κ3) is 3.50. The molecule has 2 heterocycles. The van der Waals surface area contributed by atoms with Crippen molar-refractivity contribution < 1.29 is 9.53 Å². The Morgan fingerprint density at radius 1 is 1.32 bits per heavy atom. The molecule has 7 heteroatoms. The van der Waals surface area contributed by atoms with Crippen molar-refractivity contribution in [3.8, 4) is 5.75 Å². The van der Waals surface area contributed by atoms with Gasteiger partial charge in [0.25, 0.3) is 0 Å². The Morgan fingerprint density at radius 2 is 2.16 bits per heavy atom. The fourth-order valence-electron chi connectivity index (χ4n) is 4.02. The van der Waals surface area contributed by atoms with E-state index < -0.39 is 0 Å². The van der Waals surface area contributed by atoms with Crippen LogP contribution in [0.25, 0.3) is 0 Å². The quantitative estimate of drug-likeness (QED) is 0.903. The van der Waals surface area contributed by atoms with Gasteiger partial charge in [0, 0.05) is 24.9 Å². The first-order chi connectivity index (χ1) is 12.2. The zero-order valence-electron chi connectivity index (χ0n) is 14.2. The van der Waals surface area contributed by atoms with Crippen molar-refractivity contribution in [3.05, 3.63) is 36.2 Å². The highest BCUT2D eigenvalue weighted by molar-refractivity contribution is 5.76. The van der Waals surface area contributed by atoms with E-state index in [4.69, 9.17) is 4.74 Å². The second-order valence-electron chi connectivity index (χ2n) is 7.03. The summed E-state index contributed by atoms with van der Waals surface area (Å²) in [6.07, 6.45) is 8.17. The van der Waals surface area contributed by atoms with Gasteiger partial charge in [-0.1, -0.05) is 18.2 Å². The molecule has 7 nitrogen and oxygen atoms in total. The van der Waals surface area contributed by atoms with Crippen molar-refractivity contribution >= 4 is 5.91 Å². The maximum absolute atomic E-state index is 12.4. The Labute approximate surface area is 146 Å². The van der Waals surface area contributed by atoms with Crippen molar-refractivity contribution in [2.45, 2.75) is 63.1 Å². The summed E-state index contributed by atoms with van der Waals surface area (Å²) in [6, 6.07) is 8.11. The minimum absolute atomic E-state index is 0.0311. The largest absolute Gasteiger partial charge is 0.487 e. The lowest BCUT2D eigenvalue weighted by atomic mass is 9.86. The predicted molar refractivity (Wildman–Crippen MR) is 90.8 cm³/mol. The molecule has 2 aromatic rings. The van der Waals surface area contributed by atoms with Crippen LogP contribution in [0.3, 0.4) is 0 Å². The van der Waals surface area contributed by atoms with Crippen molar-refractivity contribution in [3.63, 3.8) is 0 Å². The van der Waals surface area contributed by atoms with E-state index in [1.807, 2.05) is 18.2 Å². The van der Waals surface area contributed by atoms with Gasteiger partial charge in [-0.25, -0.2) is 4.68 Å². The van der Waals surface area contributed by atoms with Crippen LogP contribution >= 0.6 is 0 Å². The van der Waals surface area contributed by atoms with Gasteiger partial charge in [-0.2, -0.15) is 0 Å². The Bertz CT molecular complexity index is 725. The Balaban J connectivity index is 1.40. The number of amides is 1. The molecule has 1 aliphatic heterocycles. The molecule has 4 rings (SSSR count). The first-order valence-electron chi connectivity index (χ1n) is 9.02. The molecule has 1 spiro atoms. The van der Waals surface area contributed by atoms with Crippen LogP contribution in [0.15, 0.2) is 30.6 Å². The Hall–Kier alpha value is -2.44. The fraction of sp³-hybridized carbons (Fsp3) is 0.556. The third-order valence-electron chi connectivity index (χ3n) is 5.23. The molecule has 1 saturated carbocycles. The van der Waals surface area contributed by atoms with Crippen LogP contribution in [0, 0.1) is 0 Å². The van der Waals surface area contributed by atoms with E-state index in [0.717, 1.165) is 30.6 Å². The van der Waals surface area contributed by atoms with Crippen LogP contribution in [0.5, 0.6) is 5.75 Å². The van der Waals surface area contributed by atoms with E-state index in [0.29, 0.717) is 19.4 Å². The van der Waals surface area contributed by atoms with Gasteiger partial charge in [0.05, 0.1) is 6.04 Å². The van der Waals surface area contributed by atoms with Crippen LogP contribution in [0.4, 0.5) is 0 Å². The minimum atomic E-state index is -0.0985. The average Bonchev–Trinajstić information content (AvgIpc) is 3.27. The van der Waals surface area contributed by atoms with Crippen molar-refractivity contribution in [1.82, 2.24) is 25.5 Å². The molecule has 1 N–H and O–H groups in total. The highest BCUT2D eigenvalue weighted by Gasteiger charge is 2.43. The number of hydrogen-bond donors (Lipinski definition) is 1. The molecule has 1 atom stereocenters. The summed E-state index contributed by atoms with van der Waals surface area (Å²) in [7, 11) is 0. The van der Waals surface area contributed by atoms with Crippen molar-refractivity contribution in [1.29, 1.82) is 0 Å². The summed E-state index contributed by atoms with van der Waals surface area (Å²) < 4.78 is 7.99. The van der Waals surface area contributed by atoms with Crippen LogP contribution in [-0.4, -0.2) is 31.7 Å². The van der Waals surface area contributed by atoms with Crippen LogP contribution in [0.1, 0.15) is 56.6 Å². The van der Waals surface area contributed by atoms with E-state index in [1.54, 1.807) is 11.0 Å². The van der Waals surface area contributed by atoms with E-state index in [1.165, 1.54) is 12.8 Å². The van der Waals surface area contributed by atoms with Crippen LogP contribution in [-0.2, 0) is 11.3 Å². The van der Waals surface area contributed by atoms with Gasteiger partial charge in [0.2, 0.25) is 5.91 Å². The monoisotopic (exact) mass is 341 g/mol. The van der Waals surface area contributed by atoms with E-state index in [-0.39, 0.29) is 17.6 Å². The zero-order chi connectivity index (χ0) is 17.1. The van der Waals surface area contributed by atoms with E-state index in [2.05, 4.69) is 26.9 Å². The molecular formula is C18H23N5O2. The summed E-state index contributed by atoms with van der Waals surface area (Å²) in [5.74, 6) is 0.998. The van der Waals surface area contributed by atoms with Gasteiger partial charge in [-0.3, -0.25) is 4.79 Å². The number of fused-ring (bicyclic) bond motifs is 1. The first kappa shape index (κ1) is 16.1. The predicted octanol–water partition coefficient (Wildman–Crippen LogP) is 2.41. The maximum atomic E-state index is 12.4. The maximum Gasteiger partial charge on any atom is 0.220 e.